The molecule has 1 aromatic rings. The van der Waals surface area contributed by atoms with Gasteiger partial charge in [-0.3, -0.25) is 0 Å². The summed E-state index contributed by atoms with van der Waals surface area (Å²) in [7, 11) is 0. The first-order chi connectivity index (χ1) is 4.93. The molecule has 62 valence electrons. The second-order valence-electron chi connectivity index (χ2n) is 1.94. The van der Waals surface area contributed by atoms with Crippen LogP contribution in [-0.4, -0.2) is 0 Å². The second-order valence-corrected chi connectivity index (χ2v) is 2.35. The molecule has 0 spiro atoms. The fourth-order valence-electron chi connectivity index (χ4n) is 0.738. The van der Waals surface area contributed by atoms with Crippen LogP contribution in [0.5, 0.6) is 0 Å². The van der Waals surface area contributed by atoms with Gasteiger partial charge in [0.15, 0.2) is 0 Å². The average molecular weight is 256 g/mol. The van der Waals surface area contributed by atoms with Gasteiger partial charge in [0, 0.05) is 0 Å². The Morgan fingerprint density at radius 2 is 1.82 bits per heavy atom. The molecular formula is C9H9BrNi. The number of allylic oxidation sites excluding steroid dienone is 1. The van der Waals surface area contributed by atoms with Crippen LogP contribution < -0.4 is 17.0 Å². The molecule has 0 atom stereocenters. The van der Waals surface area contributed by atoms with Gasteiger partial charge in [-0.05, 0) is 0 Å². The molecule has 0 aliphatic heterocycles. The molecule has 0 fully saturated rings. The maximum absolute atomic E-state index is 4.50. The van der Waals surface area contributed by atoms with E-state index in [1.807, 2.05) is 30.4 Å². The summed E-state index contributed by atoms with van der Waals surface area (Å²) in [5.74, 6) is 0. The van der Waals surface area contributed by atoms with E-state index in [0.717, 1.165) is 5.39 Å². The Hall–Kier alpha value is -0.0665. The predicted molar refractivity (Wildman–Crippen MR) is 40.3 cm³/mol. The minimum atomic E-state index is 0. The van der Waals surface area contributed by atoms with Crippen molar-refractivity contribution < 1.29 is 32.4 Å². The molecule has 0 bridgehead atoms. The number of halogens is 1. The van der Waals surface area contributed by atoms with E-state index in [0.29, 0.717) is 0 Å². The fraction of sp³-hybridized carbons (Fsp3) is 0.111. The molecule has 0 aliphatic carbocycles. The molecule has 0 saturated heterocycles. The van der Waals surface area contributed by atoms with E-state index in [-0.39, 0.29) is 17.0 Å². The standard InChI is InChI=1S/C9H9.BrH.Ni/c1-2-6-9-7-4-3-5-8-9;;/h2-8H,1H2;1H;/q;;+1/p-1/b6-2+;;. The number of hydrogen-bond donors (Lipinski definition) is 0. The Balaban J connectivity index is 0.000001000. The van der Waals surface area contributed by atoms with Crippen molar-refractivity contribution in [2.75, 3.05) is 0 Å². The zero-order chi connectivity index (χ0) is 7.23. The molecule has 0 aliphatic rings. The Labute approximate surface area is 85.8 Å². The Morgan fingerprint density at radius 1 is 1.18 bits per heavy atom. The van der Waals surface area contributed by atoms with Gasteiger partial charge in [0.2, 0.25) is 0 Å². The number of rotatable bonds is 2. The van der Waals surface area contributed by atoms with Gasteiger partial charge in [0.1, 0.15) is 0 Å². The van der Waals surface area contributed by atoms with Gasteiger partial charge in [0.05, 0.1) is 0 Å². The molecule has 1 rings (SSSR count). The molecule has 0 N–H and O–H groups in total. The summed E-state index contributed by atoms with van der Waals surface area (Å²) in [6.45, 7) is 0. The molecule has 0 radical (unpaired) electrons. The Kier molecular flexibility index (Phi) is 6.59. The first kappa shape index (κ1) is 10.9. The third kappa shape index (κ3) is 4.39. The molecule has 11 heavy (non-hydrogen) atoms. The van der Waals surface area contributed by atoms with E-state index in [1.165, 1.54) is 5.56 Å². The van der Waals surface area contributed by atoms with Gasteiger partial charge in [-0.1, -0.05) is 0 Å². The zero-order valence-electron chi connectivity index (χ0n) is 5.94. The summed E-state index contributed by atoms with van der Waals surface area (Å²) in [6.07, 6.45) is 4.04. The molecule has 0 heterocycles. The van der Waals surface area contributed by atoms with Crippen LogP contribution in [-0.2, 0) is 15.5 Å². The molecule has 0 unspecified atom stereocenters. The third-order valence-corrected chi connectivity index (χ3v) is 1.42. The quantitative estimate of drug-likeness (QED) is 0.635. The molecule has 0 amide bonds. The summed E-state index contributed by atoms with van der Waals surface area (Å²) < 4.78 is 0. The summed E-state index contributed by atoms with van der Waals surface area (Å²) in [5, 5.41) is 0.731. The van der Waals surface area contributed by atoms with E-state index in [1.54, 1.807) is 0 Å². The van der Waals surface area contributed by atoms with E-state index >= 15 is 0 Å². The van der Waals surface area contributed by atoms with Gasteiger partial charge < -0.3 is 17.0 Å². The summed E-state index contributed by atoms with van der Waals surface area (Å²) in [4.78, 5) is 0. The molecule has 2 heteroatoms. The Morgan fingerprint density at radius 3 is 2.36 bits per heavy atom. The van der Waals surface area contributed by atoms with Crippen LogP contribution in [0.15, 0.2) is 36.4 Å². The molecule has 0 aromatic heterocycles. The summed E-state index contributed by atoms with van der Waals surface area (Å²) in [6, 6.07) is 10.2. The van der Waals surface area contributed by atoms with E-state index in [9.17, 15) is 0 Å². The topological polar surface area (TPSA) is 0 Å². The van der Waals surface area contributed by atoms with Gasteiger partial charge in [0.25, 0.3) is 0 Å². The molecule has 0 saturated carbocycles. The zero-order valence-corrected chi connectivity index (χ0v) is 8.52. The molecule has 0 nitrogen and oxygen atoms in total. The second kappa shape index (κ2) is 6.63. The number of benzene rings is 1. The van der Waals surface area contributed by atoms with Crippen LogP contribution in [0.4, 0.5) is 0 Å². The average Bonchev–Trinajstić information content (AvgIpc) is 2.03. The summed E-state index contributed by atoms with van der Waals surface area (Å²) in [5.41, 5.74) is 1.22. The van der Waals surface area contributed by atoms with Crippen LogP contribution in [0.3, 0.4) is 0 Å². The van der Waals surface area contributed by atoms with Crippen LogP contribution >= 0.6 is 0 Å². The first-order valence-corrected chi connectivity index (χ1v) is 3.86. The van der Waals surface area contributed by atoms with Crippen molar-refractivity contribution in [1.29, 1.82) is 0 Å². The summed E-state index contributed by atoms with van der Waals surface area (Å²) >= 11 is 4.50. The van der Waals surface area contributed by atoms with Gasteiger partial charge in [-0.15, -0.1) is 0 Å². The van der Waals surface area contributed by atoms with Crippen molar-refractivity contribution in [1.82, 2.24) is 0 Å². The van der Waals surface area contributed by atoms with Crippen LogP contribution in [0.2, 0.25) is 5.39 Å². The van der Waals surface area contributed by atoms with Crippen molar-refractivity contribution >= 4 is 6.08 Å². The Bertz CT molecular complexity index is 206. The molecule has 1 aromatic carbocycles. The SMILES string of the molecule is [Br-].[Ni+][CH2]/C=C/c1ccccc1. The minimum absolute atomic E-state index is 0. The number of hydrogen-bond acceptors (Lipinski definition) is 0. The van der Waals surface area contributed by atoms with Crippen LogP contribution in [0.25, 0.3) is 6.08 Å². The van der Waals surface area contributed by atoms with Crippen LogP contribution in [0, 0.1) is 0 Å². The normalized spacial score (nSPS) is 9.64. The van der Waals surface area contributed by atoms with Crippen molar-refractivity contribution in [2.45, 2.75) is 5.39 Å². The van der Waals surface area contributed by atoms with Gasteiger partial charge in [-0.25, -0.2) is 0 Å². The monoisotopic (exact) mass is 254 g/mol. The first-order valence-electron chi connectivity index (χ1n) is 3.16. The van der Waals surface area contributed by atoms with Crippen molar-refractivity contribution in [3.05, 3.63) is 42.0 Å². The van der Waals surface area contributed by atoms with E-state index < -0.39 is 0 Å². The van der Waals surface area contributed by atoms with Crippen molar-refractivity contribution in [3.8, 4) is 0 Å². The van der Waals surface area contributed by atoms with E-state index in [2.05, 4.69) is 27.6 Å². The van der Waals surface area contributed by atoms with Gasteiger partial charge in [-0.2, -0.15) is 0 Å². The maximum atomic E-state index is 4.50. The van der Waals surface area contributed by atoms with Crippen molar-refractivity contribution in [2.24, 2.45) is 0 Å². The molecular weight excluding hydrogens is 247 g/mol. The fourth-order valence-corrected chi connectivity index (χ4v) is 0.854. The van der Waals surface area contributed by atoms with Crippen LogP contribution in [0.1, 0.15) is 5.56 Å². The van der Waals surface area contributed by atoms with Crippen molar-refractivity contribution in [3.63, 3.8) is 0 Å². The third-order valence-electron chi connectivity index (χ3n) is 1.18. The predicted octanol–water partition coefficient (Wildman–Crippen LogP) is -0.331. The van der Waals surface area contributed by atoms with E-state index in [4.69, 9.17) is 0 Å². The van der Waals surface area contributed by atoms with Gasteiger partial charge >= 0.3 is 68.9 Å².